The minimum Gasteiger partial charge on any atom is -0.307 e. The van der Waals surface area contributed by atoms with Crippen LogP contribution in [0.3, 0.4) is 0 Å². The second-order valence-electron chi connectivity index (χ2n) is 6.84. The lowest BCUT2D eigenvalue weighted by Gasteiger charge is -2.12. The van der Waals surface area contributed by atoms with Gasteiger partial charge >= 0.3 is 5.69 Å². The third-order valence-corrected chi connectivity index (χ3v) is 4.78. The minimum absolute atomic E-state index is 0.127. The largest absolute Gasteiger partial charge is 0.332 e. The van der Waals surface area contributed by atoms with E-state index in [2.05, 4.69) is 30.0 Å². The molecule has 0 unspecified atom stereocenters. The highest BCUT2D eigenvalue weighted by Crippen LogP contribution is 2.28. The maximum atomic E-state index is 13.0. The van der Waals surface area contributed by atoms with Gasteiger partial charge in [-0.2, -0.15) is 4.98 Å². The van der Waals surface area contributed by atoms with Crippen LogP contribution in [-0.4, -0.2) is 23.1 Å². The smallest absolute Gasteiger partial charge is 0.307 e. The van der Waals surface area contributed by atoms with Crippen molar-refractivity contribution in [2.45, 2.75) is 26.4 Å². The van der Waals surface area contributed by atoms with Crippen molar-refractivity contribution in [3.05, 3.63) is 70.0 Å². The van der Waals surface area contributed by atoms with Crippen LogP contribution in [0.2, 0.25) is 0 Å². The lowest BCUT2D eigenvalue weighted by atomic mass is 10.1. The maximum absolute atomic E-state index is 13.0. The van der Waals surface area contributed by atoms with E-state index in [-0.39, 0.29) is 18.1 Å². The Balaban J connectivity index is 2.18. The van der Waals surface area contributed by atoms with Crippen molar-refractivity contribution >= 4 is 16.9 Å². The minimum atomic E-state index is -0.396. The molecule has 0 atom stereocenters. The molecule has 138 valence electrons. The molecule has 0 aliphatic rings. The molecule has 4 aromatic rings. The number of aryl methyl sites for hydroxylation is 1. The summed E-state index contributed by atoms with van der Waals surface area (Å²) in [5.74, 6) is 0.641. The summed E-state index contributed by atoms with van der Waals surface area (Å²) >= 11 is 0. The third-order valence-electron chi connectivity index (χ3n) is 4.78. The summed E-state index contributed by atoms with van der Waals surface area (Å²) in [5, 5.41) is 0. The van der Waals surface area contributed by atoms with Crippen molar-refractivity contribution in [3.63, 3.8) is 0 Å². The first-order valence-corrected chi connectivity index (χ1v) is 8.84. The van der Waals surface area contributed by atoms with Gasteiger partial charge in [-0.15, -0.1) is 6.58 Å². The van der Waals surface area contributed by atoms with Crippen LogP contribution in [0, 0.1) is 0 Å². The number of aromatic nitrogens is 5. The van der Waals surface area contributed by atoms with Gasteiger partial charge in [0, 0.05) is 25.8 Å². The van der Waals surface area contributed by atoms with Crippen LogP contribution in [0.4, 0.5) is 0 Å². The van der Waals surface area contributed by atoms with Crippen LogP contribution in [0.15, 0.2) is 58.8 Å². The maximum Gasteiger partial charge on any atom is 0.332 e. The molecule has 0 amide bonds. The van der Waals surface area contributed by atoms with E-state index >= 15 is 0 Å². The van der Waals surface area contributed by atoms with Crippen molar-refractivity contribution in [2.24, 2.45) is 7.05 Å². The Morgan fingerprint density at radius 3 is 2.52 bits per heavy atom. The first kappa shape index (κ1) is 17.1. The second-order valence-corrected chi connectivity index (χ2v) is 6.84. The number of rotatable bonds is 4. The van der Waals surface area contributed by atoms with E-state index in [1.54, 1.807) is 17.5 Å². The van der Waals surface area contributed by atoms with Gasteiger partial charge in [0.2, 0.25) is 5.78 Å². The molecule has 0 N–H and O–H groups in total. The molecule has 0 saturated carbocycles. The van der Waals surface area contributed by atoms with Crippen molar-refractivity contribution in [2.75, 3.05) is 0 Å². The quantitative estimate of drug-likeness (QED) is 0.524. The Morgan fingerprint density at radius 1 is 1.19 bits per heavy atom. The molecule has 7 nitrogen and oxygen atoms in total. The molecular weight excluding hydrogens is 342 g/mol. The van der Waals surface area contributed by atoms with Gasteiger partial charge in [-0.3, -0.25) is 18.3 Å². The highest BCUT2D eigenvalue weighted by Gasteiger charge is 2.22. The SMILES string of the molecule is C=CCn1c(=O)c2c(nc3n(C(C)C)c(-c4ccccc4)cn23)n(C)c1=O. The first-order valence-electron chi connectivity index (χ1n) is 8.84. The monoisotopic (exact) mass is 363 g/mol. The molecule has 0 bridgehead atoms. The van der Waals surface area contributed by atoms with Crippen LogP contribution >= 0.6 is 0 Å². The molecule has 0 spiro atoms. The number of imidazole rings is 2. The molecule has 1 aromatic carbocycles. The molecule has 7 heteroatoms. The summed E-state index contributed by atoms with van der Waals surface area (Å²) < 4.78 is 6.47. The first-order chi connectivity index (χ1) is 13.0. The van der Waals surface area contributed by atoms with Gasteiger partial charge < -0.3 is 4.57 Å². The fraction of sp³-hybridized carbons (Fsp3) is 0.250. The van der Waals surface area contributed by atoms with Gasteiger partial charge in [0.25, 0.3) is 5.56 Å². The number of hydrogen-bond donors (Lipinski definition) is 0. The van der Waals surface area contributed by atoms with Crippen LogP contribution in [0.25, 0.3) is 28.2 Å². The fourth-order valence-corrected chi connectivity index (χ4v) is 3.53. The number of fused-ring (bicyclic) bond motifs is 3. The zero-order chi connectivity index (χ0) is 19.3. The van der Waals surface area contributed by atoms with Gasteiger partial charge in [0.1, 0.15) is 0 Å². The Morgan fingerprint density at radius 2 is 1.89 bits per heavy atom. The van der Waals surface area contributed by atoms with E-state index in [4.69, 9.17) is 0 Å². The van der Waals surface area contributed by atoms with E-state index in [0.29, 0.717) is 16.9 Å². The molecule has 3 heterocycles. The molecule has 0 aliphatic carbocycles. The van der Waals surface area contributed by atoms with Gasteiger partial charge in [0.15, 0.2) is 11.2 Å². The van der Waals surface area contributed by atoms with Crippen molar-refractivity contribution in [1.29, 1.82) is 0 Å². The number of benzene rings is 1. The van der Waals surface area contributed by atoms with Gasteiger partial charge in [-0.1, -0.05) is 36.4 Å². The van der Waals surface area contributed by atoms with E-state index in [1.807, 2.05) is 36.5 Å². The van der Waals surface area contributed by atoms with E-state index in [1.165, 1.54) is 9.13 Å². The zero-order valence-electron chi connectivity index (χ0n) is 15.6. The average molecular weight is 363 g/mol. The molecule has 4 rings (SSSR count). The van der Waals surface area contributed by atoms with Crippen LogP contribution in [0.1, 0.15) is 19.9 Å². The third kappa shape index (κ3) is 2.38. The summed E-state index contributed by atoms with van der Waals surface area (Å²) in [6, 6.07) is 10.1. The van der Waals surface area contributed by atoms with Crippen LogP contribution in [-0.2, 0) is 13.6 Å². The van der Waals surface area contributed by atoms with E-state index < -0.39 is 5.69 Å². The van der Waals surface area contributed by atoms with Crippen LogP contribution < -0.4 is 11.2 Å². The highest BCUT2D eigenvalue weighted by atomic mass is 16.2. The van der Waals surface area contributed by atoms with E-state index in [9.17, 15) is 9.59 Å². The second kappa shape index (κ2) is 6.12. The Kier molecular flexibility index (Phi) is 3.87. The lowest BCUT2D eigenvalue weighted by molar-refractivity contribution is 0.621. The molecule has 0 fully saturated rings. The molecule has 0 radical (unpaired) electrons. The predicted molar refractivity (Wildman–Crippen MR) is 106 cm³/mol. The summed E-state index contributed by atoms with van der Waals surface area (Å²) in [6.45, 7) is 7.94. The number of hydrogen-bond acceptors (Lipinski definition) is 3. The van der Waals surface area contributed by atoms with Gasteiger partial charge in [-0.05, 0) is 19.4 Å². The highest BCUT2D eigenvalue weighted by molar-refractivity contribution is 5.78. The Hall–Kier alpha value is -3.35. The number of allylic oxidation sites excluding steroid dienone is 1. The van der Waals surface area contributed by atoms with Crippen molar-refractivity contribution in [1.82, 2.24) is 23.1 Å². The van der Waals surface area contributed by atoms with Crippen molar-refractivity contribution in [3.8, 4) is 11.3 Å². The molecule has 0 saturated heterocycles. The zero-order valence-corrected chi connectivity index (χ0v) is 15.6. The fourth-order valence-electron chi connectivity index (χ4n) is 3.53. The normalized spacial score (nSPS) is 11.7. The molecule has 3 aromatic heterocycles. The topological polar surface area (TPSA) is 66.2 Å². The molecule has 0 aliphatic heterocycles. The summed E-state index contributed by atoms with van der Waals surface area (Å²) in [6.07, 6.45) is 3.46. The van der Waals surface area contributed by atoms with Gasteiger partial charge in [0.05, 0.1) is 5.69 Å². The Labute approximate surface area is 155 Å². The summed E-state index contributed by atoms with van der Waals surface area (Å²) in [7, 11) is 1.63. The Bertz CT molecular complexity index is 1290. The van der Waals surface area contributed by atoms with Gasteiger partial charge in [-0.25, -0.2) is 4.79 Å². The van der Waals surface area contributed by atoms with Crippen molar-refractivity contribution < 1.29 is 0 Å². The predicted octanol–water partition coefficient (Wildman–Crippen LogP) is 2.58. The standard InChI is InChI=1S/C20H21N5O2/c1-5-11-23-18(26)16-17(22(4)20(23)27)21-19-24(16)12-15(25(19)13(2)3)14-9-7-6-8-10-14/h5-10,12-13H,1,11H2,2-4H3. The molecule has 27 heavy (non-hydrogen) atoms. The summed E-state index contributed by atoms with van der Waals surface area (Å²) in [5.41, 5.74) is 2.04. The summed E-state index contributed by atoms with van der Waals surface area (Å²) in [4.78, 5) is 30.2. The molecular formula is C20H21N5O2. The van der Waals surface area contributed by atoms with Crippen LogP contribution in [0.5, 0.6) is 0 Å². The lowest BCUT2D eigenvalue weighted by Crippen LogP contribution is -2.39. The number of nitrogens with zero attached hydrogens (tertiary/aromatic N) is 5. The van der Waals surface area contributed by atoms with E-state index in [0.717, 1.165) is 11.3 Å². The average Bonchev–Trinajstić information content (AvgIpc) is 3.20.